The lowest BCUT2D eigenvalue weighted by atomic mass is 10.1. The number of hydrogen-bond acceptors (Lipinski definition) is 3. The molecular weight excluding hydrogens is 280 g/mol. The van der Waals surface area contributed by atoms with Gasteiger partial charge in [-0.15, -0.1) is 0 Å². The van der Waals surface area contributed by atoms with Gasteiger partial charge in [0.1, 0.15) is 0 Å². The Kier molecular flexibility index (Phi) is 4.62. The second-order valence-corrected chi connectivity index (χ2v) is 5.25. The highest BCUT2D eigenvalue weighted by Crippen LogP contribution is 2.31. The van der Waals surface area contributed by atoms with Crippen molar-refractivity contribution in [3.63, 3.8) is 0 Å². The van der Waals surface area contributed by atoms with Crippen LogP contribution in [0.5, 0.6) is 0 Å². The highest BCUT2D eigenvalue weighted by Gasteiger charge is 2.36. The van der Waals surface area contributed by atoms with E-state index in [1.165, 1.54) is 4.90 Å². The van der Waals surface area contributed by atoms with E-state index in [1.54, 1.807) is 30.1 Å². The largest absolute Gasteiger partial charge is 0.395 e. The molecule has 0 aliphatic carbocycles. The average molecular weight is 297 g/mol. The molecule has 0 bridgehead atoms. The number of hydrogen-bond donors (Lipinski definition) is 1. The third kappa shape index (κ3) is 2.94. The van der Waals surface area contributed by atoms with Crippen LogP contribution in [-0.4, -0.2) is 48.6 Å². The Balaban J connectivity index is 2.12. The Morgan fingerprint density at radius 3 is 2.85 bits per heavy atom. The van der Waals surface area contributed by atoms with Crippen molar-refractivity contribution in [1.82, 2.24) is 4.90 Å². The predicted molar refractivity (Wildman–Crippen MR) is 76.6 cm³/mol. The molecule has 1 unspecified atom stereocenters. The lowest BCUT2D eigenvalue weighted by Gasteiger charge is -2.21. The SMILES string of the molecule is CN(CCO)C(=O)C1CC(=O)N(c2ccccc2Cl)C1. The van der Waals surface area contributed by atoms with E-state index in [2.05, 4.69) is 0 Å². The van der Waals surface area contributed by atoms with Crippen LogP contribution in [0.15, 0.2) is 24.3 Å². The fraction of sp³-hybridized carbons (Fsp3) is 0.429. The van der Waals surface area contributed by atoms with Gasteiger partial charge in [0.2, 0.25) is 11.8 Å². The molecule has 1 saturated heterocycles. The molecule has 1 atom stereocenters. The average Bonchev–Trinajstić information content (AvgIpc) is 2.80. The zero-order valence-corrected chi connectivity index (χ0v) is 12.0. The summed E-state index contributed by atoms with van der Waals surface area (Å²) in [5, 5.41) is 9.36. The van der Waals surface area contributed by atoms with Gasteiger partial charge >= 0.3 is 0 Å². The van der Waals surface area contributed by atoms with Crippen LogP contribution in [0.2, 0.25) is 5.02 Å². The monoisotopic (exact) mass is 296 g/mol. The van der Waals surface area contributed by atoms with Crippen LogP contribution < -0.4 is 4.90 Å². The van der Waals surface area contributed by atoms with E-state index in [9.17, 15) is 9.59 Å². The van der Waals surface area contributed by atoms with Crippen molar-refractivity contribution in [3.8, 4) is 0 Å². The molecule has 1 N–H and O–H groups in total. The third-order valence-corrected chi connectivity index (χ3v) is 3.75. The number of benzene rings is 1. The predicted octanol–water partition coefficient (Wildman–Crippen LogP) is 1.14. The van der Waals surface area contributed by atoms with Crippen LogP contribution in [0.3, 0.4) is 0 Å². The Bertz CT molecular complexity index is 521. The number of aliphatic hydroxyl groups excluding tert-OH is 1. The highest BCUT2D eigenvalue weighted by molar-refractivity contribution is 6.33. The first-order valence-corrected chi connectivity index (χ1v) is 6.83. The first-order chi connectivity index (χ1) is 9.54. The Labute approximate surface area is 122 Å². The molecule has 1 fully saturated rings. The quantitative estimate of drug-likeness (QED) is 0.906. The number of aliphatic hydroxyl groups is 1. The molecule has 2 rings (SSSR count). The highest BCUT2D eigenvalue weighted by atomic mass is 35.5. The number of anilines is 1. The van der Waals surface area contributed by atoms with Gasteiger partial charge in [0.15, 0.2) is 0 Å². The van der Waals surface area contributed by atoms with E-state index in [0.717, 1.165) is 0 Å². The molecule has 1 aromatic rings. The fourth-order valence-electron chi connectivity index (χ4n) is 2.35. The smallest absolute Gasteiger partial charge is 0.227 e. The summed E-state index contributed by atoms with van der Waals surface area (Å²) in [4.78, 5) is 27.2. The van der Waals surface area contributed by atoms with Crippen LogP contribution >= 0.6 is 11.6 Å². The number of halogens is 1. The van der Waals surface area contributed by atoms with Crippen molar-refractivity contribution >= 4 is 29.1 Å². The summed E-state index contributed by atoms with van der Waals surface area (Å²) in [6.45, 7) is 0.518. The minimum atomic E-state index is -0.379. The van der Waals surface area contributed by atoms with Crippen molar-refractivity contribution in [2.75, 3.05) is 31.6 Å². The standard InChI is InChI=1S/C14H17ClN2O3/c1-16(6-7-18)14(20)10-8-13(19)17(9-10)12-5-3-2-4-11(12)15/h2-5,10,18H,6-9H2,1H3. The minimum Gasteiger partial charge on any atom is -0.395 e. The van der Waals surface area contributed by atoms with Gasteiger partial charge in [0.05, 0.1) is 23.2 Å². The van der Waals surface area contributed by atoms with E-state index >= 15 is 0 Å². The summed E-state index contributed by atoms with van der Waals surface area (Å²) < 4.78 is 0. The molecule has 1 aliphatic rings. The number of carbonyl (C=O) groups excluding carboxylic acids is 2. The second-order valence-electron chi connectivity index (χ2n) is 4.84. The normalized spacial score (nSPS) is 18.4. The Morgan fingerprint density at radius 2 is 2.20 bits per heavy atom. The lowest BCUT2D eigenvalue weighted by Crippen LogP contribution is -2.36. The van der Waals surface area contributed by atoms with E-state index in [0.29, 0.717) is 17.3 Å². The summed E-state index contributed by atoms with van der Waals surface area (Å²) in [5.41, 5.74) is 0.638. The summed E-state index contributed by atoms with van der Waals surface area (Å²) in [6.07, 6.45) is 0.180. The molecule has 20 heavy (non-hydrogen) atoms. The van der Waals surface area contributed by atoms with Crippen LogP contribution in [-0.2, 0) is 9.59 Å². The van der Waals surface area contributed by atoms with E-state index < -0.39 is 0 Å². The van der Waals surface area contributed by atoms with Gasteiger partial charge in [0, 0.05) is 26.6 Å². The molecule has 2 amide bonds. The van der Waals surface area contributed by atoms with E-state index in [4.69, 9.17) is 16.7 Å². The number of carbonyl (C=O) groups is 2. The lowest BCUT2D eigenvalue weighted by molar-refractivity contribution is -0.134. The zero-order valence-electron chi connectivity index (χ0n) is 11.3. The summed E-state index contributed by atoms with van der Waals surface area (Å²) in [6, 6.07) is 7.09. The van der Waals surface area contributed by atoms with Crippen molar-refractivity contribution in [2.45, 2.75) is 6.42 Å². The molecule has 5 nitrogen and oxygen atoms in total. The number of rotatable bonds is 4. The van der Waals surface area contributed by atoms with Gasteiger partial charge in [-0.2, -0.15) is 0 Å². The summed E-state index contributed by atoms with van der Waals surface area (Å²) >= 11 is 6.09. The maximum atomic E-state index is 12.1. The Hall–Kier alpha value is -1.59. The number of para-hydroxylation sites is 1. The molecule has 1 heterocycles. The van der Waals surface area contributed by atoms with Gasteiger partial charge in [0.25, 0.3) is 0 Å². The molecule has 108 valence electrons. The van der Waals surface area contributed by atoms with E-state index in [-0.39, 0.29) is 37.3 Å². The molecule has 0 spiro atoms. The van der Waals surface area contributed by atoms with Gasteiger partial charge in [-0.05, 0) is 12.1 Å². The molecule has 1 aromatic carbocycles. The molecule has 0 saturated carbocycles. The molecule has 6 heteroatoms. The number of likely N-dealkylation sites (N-methyl/N-ethyl adjacent to an activating group) is 1. The molecule has 1 aliphatic heterocycles. The van der Waals surface area contributed by atoms with Gasteiger partial charge in [-0.3, -0.25) is 9.59 Å². The maximum Gasteiger partial charge on any atom is 0.227 e. The number of nitrogens with zero attached hydrogens (tertiary/aromatic N) is 2. The maximum absolute atomic E-state index is 12.1. The van der Waals surface area contributed by atoms with E-state index in [1.807, 2.05) is 6.07 Å². The second kappa shape index (κ2) is 6.24. The van der Waals surface area contributed by atoms with Crippen molar-refractivity contribution < 1.29 is 14.7 Å². The minimum absolute atomic E-state index is 0.0862. The van der Waals surface area contributed by atoms with Crippen LogP contribution in [0.4, 0.5) is 5.69 Å². The Morgan fingerprint density at radius 1 is 1.50 bits per heavy atom. The van der Waals surface area contributed by atoms with Crippen LogP contribution in [0, 0.1) is 5.92 Å². The van der Waals surface area contributed by atoms with Crippen molar-refractivity contribution in [1.29, 1.82) is 0 Å². The molecule has 0 aromatic heterocycles. The zero-order chi connectivity index (χ0) is 14.7. The van der Waals surface area contributed by atoms with Crippen LogP contribution in [0.1, 0.15) is 6.42 Å². The molecule has 0 radical (unpaired) electrons. The fourth-order valence-corrected chi connectivity index (χ4v) is 2.59. The van der Waals surface area contributed by atoms with Crippen molar-refractivity contribution in [2.24, 2.45) is 5.92 Å². The first kappa shape index (κ1) is 14.8. The number of amides is 2. The summed E-state index contributed by atoms with van der Waals surface area (Å²) in [5.74, 6) is -0.605. The van der Waals surface area contributed by atoms with Crippen LogP contribution in [0.25, 0.3) is 0 Å². The first-order valence-electron chi connectivity index (χ1n) is 6.45. The summed E-state index contributed by atoms with van der Waals surface area (Å²) in [7, 11) is 1.63. The topological polar surface area (TPSA) is 60.9 Å². The molecular formula is C14H17ClN2O3. The van der Waals surface area contributed by atoms with Crippen molar-refractivity contribution in [3.05, 3.63) is 29.3 Å². The van der Waals surface area contributed by atoms with Gasteiger partial charge in [-0.1, -0.05) is 23.7 Å². The third-order valence-electron chi connectivity index (χ3n) is 3.43. The van der Waals surface area contributed by atoms with Gasteiger partial charge in [-0.25, -0.2) is 0 Å². The van der Waals surface area contributed by atoms with Gasteiger partial charge < -0.3 is 14.9 Å².